The number of halogens is 1. The minimum absolute atomic E-state index is 0.0415. The average molecular weight is 247 g/mol. The molecular weight excluding hydrogens is 236 g/mol. The maximum atomic E-state index is 11.3. The van der Waals surface area contributed by atoms with Gasteiger partial charge in [0.25, 0.3) is 0 Å². The Kier molecular flexibility index (Phi) is 4.11. The molecule has 1 N–H and O–H groups in total. The zero-order valence-electron chi connectivity index (χ0n) is 7.34. The van der Waals surface area contributed by atoms with Crippen LogP contribution in [0.15, 0.2) is 6.20 Å². The summed E-state index contributed by atoms with van der Waals surface area (Å²) in [5.74, 6) is 0.0415. The van der Waals surface area contributed by atoms with Crippen LogP contribution < -0.4 is 0 Å². The molecule has 1 aromatic heterocycles. The molecular formula is C8H11BrN2O2. The van der Waals surface area contributed by atoms with Crippen molar-refractivity contribution in [2.45, 2.75) is 6.42 Å². The highest BCUT2D eigenvalue weighted by Gasteiger charge is 2.11. The molecule has 0 unspecified atom stereocenters. The van der Waals surface area contributed by atoms with Crippen LogP contribution in [0.25, 0.3) is 0 Å². The van der Waals surface area contributed by atoms with Gasteiger partial charge in [0.2, 0.25) is 0 Å². The molecule has 0 spiro atoms. The van der Waals surface area contributed by atoms with Gasteiger partial charge in [-0.2, -0.15) is 5.10 Å². The molecule has 0 aromatic carbocycles. The van der Waals surface area contributed by atoms with Crippen molar-refractivity contribution in [1.29, 1.82) is 0 Å². The maximum absolute atomic E-state index is 11.3. The largest absolute Gasteiger partial charge is 0.384 e. The summed E-state index contributed by atoms with van der Waals surface area (Å²) in [6, 6.07) is 0. The van der Waals surface area contributed by atoms with Gasteiger partial charge in [-0.3, -0.25) is 9.89 Å². The van der Waals surface area contributed by atoms with E-state index in [9.17, 15) is 4.79 Å². The number of aromatic nitrogens is 2. The van der Waals surface area contributed by atoms with Gasteiger partial charge in [-0.25, -0.2) is 0 Å². The molecule has 72 valence electrons. The SMILES string of the molecule is COCCc1[nH]ncc1C(=O)CBr. The highest BCUT2D eigenvalue weighted by molar-refractivity contribution is 9.09. The van der Waals surface area contributed by atoms with E-state index in [4.69, 9.17) is 4.74 Å². The molecule has 0 fully saturated rings. The highest BCUT2D eigenvalue weighted by atomic mass is 79.9. The number of H-pyrrole nitrogens is 1. The topological polar surface area (TPSA) is 55.0 Å². The van der Waals surface area contributed by atoms with Gasteiger partial charge < -0.3 is 4.74 Å². The first-order valence-corrected chi connectivity index (χ1v) is 5.02. The number of ether oxygens (including phenoxy) is 1. The van der Waals surface area contributed by atoms with Gasteiger partial charge in [-0.1, -0.05) is 15.9 Å². The Hall–Kier alpha value is -0.680. The Morgan fingerprint density at radius 3 is 3.15 bits per heavy atom. The first-order chi connectivity index (χ1) is 6.29. The number of carbonyl (C=O) groups is 1. The van der Waals surface area contributed by atoms with Gasteiger partial charge in [0.05, 0.1) is 23.7 Å². The molecule has 0 saturated carbocycles. The summed E-state index contributed by atoms with van der Waals surface area (Å²) >= 11 is 3.12. The molecule has 4 nitrogen and oxygen atoms in total. The first kappa shape index (κ1) is 10.4. The van der Waals surface area contributed by atoms with E-state index in [0.29, 0.717) is 23.9 Å². The Labute approximate surface area is 84.8 Å². The van der Waals surface area contributed by atoms with Crippen LogP contribution in [0.4, 0.5) is 0 Å². The third-order valence-corrected chi connectivity index (χ3v) is 2.21. The Morgan fingerprint density at radius 1 is 1.77 bits per heavy atom. The minimum Gasteiger partial charge on any atom is -0.384 e. The smallest absolute Gasteiger partial charge is 0.176 e. The monoisotopic (exact) mass is 246 g/mol. The van der Waals surface area contributed by atoms with E-state index < -0.39 is 0 Å². The standard InChI is InChI=1S/C8H11BrN2O2/c1-13-3-2-7-6(5-10-11-7)8(12)4-9/h5H,2-4H2,1H3,(H,10,11). The predicted octanol–water partition coefficient (Wildman–Crippen LogP) is 1.18. The summed E-state index contributed by atoms with van der Waals surface area (Å²) in [4.78, 5) is 11.3. The number of carbonyl (C=O) groups excluding carboxylic acids is 1. The summed E-state index contributed by atoms with van der Waals surface area (Å²) in [6.07, 6.45) is 2.24. The van der Waals surface area contributed by atoms with Crippen molar-refractivity contribution in [1.82, 2.24) is 10.2 Å². The lowest BCUT2D eigenvalue weighted by atomic mass is 10.1. The zero-order chi connectivity index (χ0) is 9.68. The van der Waals surface area contributed by atoms with Crippen LogP contribution >= 0.6 is 15.9 Å². The molecule has 1 heterocycles. The van der Waals surface area contributed by atoms with Crippen LogP contribution in [-0.2, 0) is 11.2 Å². The number of ketones is 1. The molecule has 1 aromatic rings. The van der Waals surface area contributed by atoms with Crippen molar-refractivity contribution in [3.8, 4) is 0 Å². The lowest BCUT2D eigenvalue weighted by Crippen LogP contribution is -2.05. The van der Waals surface area contributed by atoms with Crippen molar-refractivity contribution in [2.75, 3.05) is 19.0 Å². The van der Waals surface area contributed by atoms with Crippen LogP contribution in [-0.4, -0.2) is 35.0 Å². The number of hydrogen-bond acceptors (Lipinski definition) is 3. The number of nitrogens with zero attached hydrogens (tertiary/aromatic N) is 1. The quantitative estimate of drug-likeness (QED) is 0.627. The van der Waals surface area contributed by atoms with Crippen molar-refractivity contribution in [3.63, 3.8) is 0 Å². The highest BCUT2D eigenvalue weighted by Crippen LogP contribution is 2.07. The fraction of sp³-hybridized carbons (Fsp3) is 0.500. The molecule has 1 rings (SSSR count). The summed E-state index contributed by atoms with van der Waals surface area (Å²) in [5.41, 5.74) is 1.49. The summed E-state index contributed by atoms with van der Waals surface area (Å²) in [7, 11) is 1.63. The van der Waals surface area contributed by atoms with E-state index in [-0.39, 0.29) is 5.78 Å². The van der Waals surface area contributed by atoms with Gasteiger partial charge >= 0.3 is 0 Å². The fourth-order valence-electron chi connectivity index (χ4n) is 1.02. The van der Waals surface area contributed by atoms with Crippen LogP contribution in [0.5, 0.6) is 0 Å². The number of rotatable bonds is 5. The number of nitrogens with one attached hydrogen (secondary N) is 1. The maximum Gasteiger partial charge on any atom is 0.176 e. The zero-order valence-corrected chi connectivity index (χ0v) is 8.93. The Bertz CT molecular complexity index is 285. The van der Waals surface area contributed by atoms with Gasteiger partial charge in [0.1, 0.15) is 0 Å². The van der Waals surface area contributed by atoms with E-state index in [0.717, 1.165) is 5.69 Å². The molecule has 0 aliphatic carbocycles. The molecule has 0 bridgehead atoms. The number of alkyl halides is 1. The van der Waals surface area contributed by atoms with E-state index in [1.807, 2.05) is 0 Å². The number of Topliss-reactive ketones (excluding diaryl/α,β-unsaturated/α-hetero) is 1. The normalized spacial score (nSPS) is 10.3. The lowest BCUT2D eigenvalue weighted by molar-refractivity contribution is 0.102. The molecule has 0 amide bonds. The second-order valence-electron chi connectivity index (χ2n) is 2.56. The molecule has 13 heavy (non-hydrogen) atoms. The first-order valence-electron chi connectivity index (χ1n) is 3.90. The fourth-order valence-corrected chi connectivity index (χ4v) is 1.32. The van der Waals surface area contributed by atoms with E-state index >= 15 is 0 Å². The number of aromatic amines is 1. The number of hydrogen-bond donors (Lipinski definition) is 1. The van der Waals surface area contributed by atoms with E-state index in [2.05, 4.69) is 26.1 Å². The third kappa shape index (κ3) is 2.63. The lowest BCUT2D eigenvalue weighted by Gasteiger charge is -1.99. The molecule has 0 aliphatic heterocycles. The molecule has 5 heteroatoms. The predicted molar refractivity (Wildman–Crippen MR) is 52.3 cm³/mol. The van der Waals surface area contributed by atoms with Gasteiger partial charge in [-0.15, -0.1) is 0 Å². The average Bonchev–Trinajstić information content (AvgIpc) is 2.61. The number of methoxy groups -OCH3 is 1. The molecule has 0 saturated heterocycles. The summed E-state index contributed by atoms with van der Waals surface area (Å²) in [6.45, 7) is 0.588. The Morgan fingerprint density at radius 2 is 2.54 bits per heavy atom. The van der Waals surface area contributed by atoms with Crippen LogP contribution in [0, 0.1) is 0 Å². The molecule has 0 aliphatic rings. The second kappa shape index (κ2) is 5.14. The second-order valence-corrected chi connectivity index (χ2v) is 3.12. The van der Waals surface area contributed by atoms with Crippen LogP contribution in [0.2, 0.25) is 0 Å². The molecule has 0 radical (unpaired) electrons. The minimum atomic E-state index is 0.0415. The van der Waals surface area contributed by atoms with Crippen molar-refractivity contribution in [2.24, 2.45) is 0 Å². The van der Waals surface area contributed by atoms with E-state index in [1.54, 1.807) is 13.3 Å². The van der Waals surface area contributed by atoms with Crippen molar-refractivity contribution < 1.29 is 9.53 Å². The summed E-state index contributed by atoms with van der Waals surface area (Å²) in [5, 5.41) is 6.93. The van der Waals surface area contributed by atoms with Crippen LogP contribution in [0.1, 0.15) is 16.1 Å². The van der Waals surface area contributed by atoms with Crippen LogP contribution in [0.3, 0.4) is 0 Å². The molecule has 0 atom stereocenters. The van der Waals surface area contributed by atoms with Gasteiger partial charge in [0, 0.05) is 19.2 Å². The summed E-state index contributed by atoms with van der Waals surface area (Å²) < 4.78 is 4.91. The van der Waals surface area contributed by atoms with Gasteiger partial charge in [0.15, 0.2) is 5.78 Å². The Balaban J connectivity index is 2.71. The van der Waals surface area contributed by atoms with Gasteiger partial charge in [-0.05, 0) is 0 Å². The van der Waals surface area contributed by atoms with Crippen molar-refractivity contribution in [3.05, 3.63) is 17.5 Å². The van der Waals surface area contributed by atoms with Crippen molar-refractivity contribution >= 4 is 21.7 Å². The third-order valence-electron chi connectivity index (χ3n) is 1.70. The van der Waals surface area contributed by atoms with E-state index in [1.165, 1.54) is 0 Å².